The molecule has 2 rings (SSSR count). The third-order valence-electron chi connectivity index (χ3n) is 3.17. The van der Waals surface area contributed by atoms with Gasteiger partial charge in [0, 0.05) is 5.69 Å². The van der Waals surface area contributed by atoms with Gasteiger partial charge in [-0.1, -0.05) is 18.2 Å². The molecule has 0 saturated heterocycles. The molecular formula is C14H15NO4. The van der Waals surface area contributed by atoms with Crippen molar-refractivity contribution < 1.29 is 19.4 Å². The van der Waals surface area contributed by atoms with E-state index in [4.69, 9.17) is 0 Å². The molecule has 1 aliphatic rings. The second kappa shape index (κ2) is 5.14. The molecule has 1 aromatic rings. The van der Waals surface area contributed by atoms with Crippen molar-refractivity contribution >= 4 is 17.6 Å². The highest BCUT2D eigenvalue weighted by Crippen LogP contribution is 2.31. The van der Waals surface area contributed by atoms with Crippen molar-refractivity contribution in [1.82, 2.24) is 0 Å². The van der Waals surface area contributed by atoms with Gasteiger partial charge in [0.1, 0.15) is 11.8 Å². The fraction of sp³-hybridized carbons (Fsp3) is 0.286. The Balaban J connectivity index is 2.36. The number of benzene rings is 1. The van der Waals surface area contributed by atoms with Crippen molar-refractivity contribution in [2.45, 2.75) is 19.4 Å². The highest BCUT2D eigenvalue weighted by atomic mass is 16.5. The lowest BCUT2D eigenvalue weighted by Crippen LogP contribution is -2.37. The number of hydrogen-bond donors (Lipinski definition) is 1. The van der Waals surface area contributed by atoms with Gasteiger partial charge in [-0.25, -0.2) is 0 Å². The van der Waals surface area contributed by atoms with Gasteiger partial charge < -0.3 is 9.84 Å². The van der Waals surface area contributed by atoms with Gasteiger partial charge in [0.15, 0.2) is 0 Å². The summed E-state index contributed by atoms with van der Waals surface area (Å²) in [6.45, 7) is 1.55. The molecular weight excluding hydrogens is 246 g/mol. The summed E-state index contributed by atoms with van der Waals surface area (Å²) in [6, 6.07) is 8.24. The fourth-order valence-corrected chi connectivity index (χ4v) is 2.12. The first-order valence-electron chi connectivity index (χ1n) is 5.91. The summed E-state index contributed by atoms with van der Waals surface area (Å²) in [5.41, 5.74) is 0.905. The summed E-state index contributed by atoms with van der Waals surface area (Å²) in [5, 5.41) is 10.0. The van der Waals surface area contributed by atoms with Crippen molar-refractivity contribution in [3.05, 3.63) is 41.7 Å². The van der Waals surface area contributed by atoms with Crippen LogP contribution in [-0.2, 0) is 14.3 Å². The van der Waals surface area contributed by atoms with Crippen LogP contribution < -0.4 is 4.90 Å². The van der Waals surface area contributed by atoms with Crippen LogP contribution in [0.25, 0.3) is 0 Å². The van der Waals surface area contributed by atoms with E-state index in [9.17, 15) is 14.7 Å². The van der Waals surface area contributed by atoms with Crippen LogP contribution in [0.5, 0.6) is 0 Å². The van der Waals surface area contributed by atoms with E-state index in [1.54, 1.807) is 31.2 Å². The number of hydrogen-bond acceptors (Lipinski definition) is 4. The van der Waals surface area contributed by atoms with E-state index < -0.39 is 12.0 Å². The summed E-state index contributed by atoms with van der Waals surface area (Å²) >= 11 is 0. The second-order valence-corrected chi connectivity index (χ2v) is 4.32. The molecule has 1 N–H and O–H groups in total. The predicted molar refractivity (Wildman–Crippen MR) is 69.7 cm³/mol. The van der Waals surface area contributed by atoms with Crippen molar-refractivity contribution in [3.63, 3.8) is 0 Å². The van der Waals surface area contributed by atoms with Crippen LogP contribution in [0.4, 0.5) is 5.69 Å². The molecule has 0 aromatic heterocycles. The number of ether oxygens (including phenoxy) is 1. The monoisotopic (exact) mass is 261 g/mol. The Kier molecular flexibility index (Phi) is 3.55. The quantitative estimate of drug-likeness (QED) is 0.842. The number of carbonyl (C=O) groups is 2. The molecule has 100 valence electrons. The molecule has 0 saturated carbocycles. The molecule has 1 unspecified atom stereocenters. The Hall–Kier alpha value is -2.30. The van der Waals surface area contributed by atoms with Gasteiger partial charge in [0.25, 0.3) is 5.91 Å². The first kappa shape index (κ1) is 13.1. The number of amides is 1. The lowest BCUT2D eigenvalue weighted by atomic mass is 10.1. The van der Waals surface area contributed by atoms with Gasteiger partial charge in [-0.2, -0.15) is 0 Å². The standard InChI is InChI=1S/C14H15NO4/c1-9-13(17)11(8-12(16)19-2)15(14(9)18)10-6-4-3-5-7-10/h3-7,11,17H,8H2,1-2H3. The molecule has 1 aromatic carbocycles. The van der Waals surface area contributed by atoms with E-state index >= 15 is 0 Å². The maximum atomic E-state index is 12.2. The number of methoxy groups -OCH3 is 1. The molecule has 1 heterocycles. The van der Waals surface area contributed by atoms with Crippen molar-refractivity contribution in [2.75, 3.05) is 12.0 Å². The molecule has 5 nitrogen and oxygen atoms in total. The van der Waals surface area contributed by atoms with Crippen LogP contribution in [-0.4, -0.2) is 30.1 Å². The Bertz CT molecular complexity index is 536. The lowest BCUT2D eigenvalue weighted by Gasteiger charge is -2.24. The Labute approximate surface area is 111 Å². The fourth-order valence-electron chi connectivity index (χ4n) is 2.12. The zero-order valence-electron chi connectivity index (χ0n) is 10.8. The number of carbonyl (C=O) groups excluding carboxylic acids is 2. The van der Waals surface area contributed by atoms with E-state index in [0.29, 0.717) is 5.69 Å². The van der Waals surface area contributed by atoms with Crippen LogP contribution in [0.2, 0.25) is 0 Å². The maximum Gasteiger partial charge on any atom is 0.308 e. The van der Waals surface area contributed by atoms with Crippen LogP contribution in [0.15, 0.2) is 41.7 Å². The van der Waals surface area contributed by atoms with Crippen LogP contribution in [0, 0.1) is 0 Å². The zero-order chi connectivity index (χ0) is 14.0. The zero-order valence-corrected chi connectivity index (χ0v) is 10.8. The summed E-state index contributed by atoms with van der Waals surface area (Å²) < 4.78 is 4.60. The molecule has 1 aliphatic heterocycles. The number of anilines is 1. The minimum absolute atomic E-state index is 0.0691. The van der Waals surface area contributed by atoms with Gasteiger partial charge in [-0.3, -0.25) is 14.5 Å². The van der Waals surface area contributed by atoms with Gasteiger partial charge in [-0.05, 0) is 19.1 Å². The molecule has 19 heavy (non-hydrogen) atoms. The molecule has 1 amide bonds. The van der Waals surface area contributed by atoms with E-state index in [-0.39, 0.29) is 23.7 Å². The van der Waals surface area contributed by atoms with E-state index in [1.807, 2.05) is 6.07 Å². The summed E-state index contributed by atoms with van der Waals surface area (Å²) in [4.78, 5) is 25.0. The number of para-hydroxylation sites is 1. The third-order valence-corrected chi connectivity index (χ3v) is 3.17. The lowest BCUT2D eigenvalue weighted by molar-refractivity contribution is -0.140. The van der Waals surface area contributed by atoms with Crippen LogP contribution >= 0.6 is 0 Å². The van der Waals surface area contributed by atoms with Crippen molar-refractivity contribution in [2.24, 2.45) is 0 Å². The highest BCUT2D eigenvalue weighted by Gasteiger charge is 2.39. The normalized spacial score (nSPS) is 18.9. The number of nitrogens with zero attached hydrogens (tertiary/aromatic N) is 1. The summed E-state index contributed by atoms with van der Waals surface area (Å²) in [6.07, 6.45) is -0.0691. The average Bonchev–Trinajstić information content (AvgIpc) is 2.64. The van der Waals surface area contributed by atoms with E-state index in [1.165, 1.54) is 12.0 Å². The number of rotatable bonds is 3. The highest BCUT2D eigenvalue weighted by molar-refractivity contribution is 6.09. The number of aliphatic hydroxyl groups is 1. The molecule has 0 fully saturated rings. The molecule has 0 radical (unpaired) electrons. The molecule has 0 spiro atoms. The Morgan fingerprint density at radius 3 is 2.58 bits per heavy atom. The topological polar surface area (TPSA) is 66.8 Å². The second-order valence-electron chi connectivity index (χ2n) is 4.32. The van der Waals surface area contributed by atoms with Crippen LogP contribution in [0.1, 0.15) is 13.3 Å². The predicted octanol–water partition coefficient (Wildman–Crippen LogP) is 1.80. The number of esters is 1. The van der Waals surface area contributed by atoms with Gasteiger partial charge >= 0.3 is 5.97 Å². The smallest absolute Gasteiger partial charge is 0.308 e. The molecule has 0 aliphatic carbocycles. The van der Waals surface area contributed by atoms with Gasteiger partial charge in [0.05, 0.1) is 19.1 Å². The SMILES string of the molecule is COC(=O)CC1C(O)=C(C)C(=O)N1c1ccccc1. The minimum atomic E-state index is -0.692. The van der Waals surface area contributed by atoms with Crippen molar-refractivity contribution in [3.8, 4) is 0 Å². The Morgan fingerprint density at radius 2 is 2.00 bits per heavy atom. The first-order valence-corrected chi connectivity index (χ1v) is 5.91. The number of aliphatic hydroxyl groups excluding tert-OH is 1. The Morgan fingerprint density at radius 1 is 1.37 bits per heavy atom. The minimum Gasteiger partial charge on any atom is -0.510 e. The van der Waals surface area contributed by atoms with E-state index in [0.717, 1.165) is 0 Å². The van der Waals surface area contributed by atoms with Crippen molar-refractivity contribution in [1.29, 1.82) is 0 Å². The molecule has 0 bridgehead atoms. The van der Waals surface area contributed by atoms with Gasteiger partial charge in [0.2, 0.25) is 0 Å². The summed E-state index contributed by atoms with van der Waals surface area (Å²) in [5.74, 6) is -0.836. The largest absolute Gasteiger partial charge is 0.510 e. The van der Waals surface area contributed by atoms with Gasteiger partial charge in [-0.15, -0.1) is 0 Å². The van der Waals surface area contributed by atoms with Crippen LogP contribution in [0.3, 0.4) is 0 Å². The molecule has 5 heteroatoms. The maximum absolute atomic E-state index is 12.2. The first-order chi connectivity index (χ1) is 9.06. The third kappa shape index (κ3) is 2.31. The average molecular weight is 261 g/mol. The van der Waals surface area contributed by atoms with E-state index in [2.05, 4.69) is 4.74 Å². The molecule has 1 atom stereocenters. The summed E-state index contributed by atoms with van der Waals surface area (Å²) in [7, 11) is 1.28.